The number of carbonyl (C=O) groups excluding carboxylic acids is 1. The van der Waals surface area contributed by atoms with Crippen molar-refractivity contribution in [1.29, 1.82) is 0 Å². The normalized spacial score (nSPS) is 16.7. The molecule has 0 atom stereocenters. The predicted octanol–water partition coefficient (Wildman–Crippen LogP) is 4.03. The molecule has 1 aliphatic carbocycles. The number of alkyl carbamates (subject to hydrolysis) is 1. The number of benzene rings is 1. The predicted molar refractivity (Wildman–Crippen MR) is 81.3 cm³/mol. The molecule has 1 heterocycles. The number of para-hydroxylation sites is 1. The summed E-state index contributed by atoms with van der Waals surface area (Å²) in [6, 6.07) is 9.99. The van der Waals surface area contributed by atoms with Gasteiger partial charge in [0.25, 0.3) is 0 Å². The minimum Gasteiger partial charge on any atom is -0.461 e. The van der Waals surface area contributed by atoms with Gasteiger partial charge in [0.15, 0.2) is 0 Å². The van der Waals surface area contributed by atoms with Crippen molar-refractivity contribution in [2.45, 2.75) is 51.2 Å². The molecule has 1 N–H and O–H groups in total. The largest absolute Gasteiger partial charge is 0.461 e. The van der Waals surface area contributed by atoms with Crippen LogP contribution in [0.3, 0.4) is 0 Å². The van der Waals surface area contributed by atoms with Crippen LogP contribution < -0.4 is 5.32 Å². The highest BCUT2D eigenvalue weighted by Gasteiger charge is 2.45. The van der Waals surface area contributed by atoms with E-state index in [1.807, 2.05) is 51.1 Å². The van der Waals surface area contributed by atoms with Gasteiger partial charge < -0.3 is 14.5 Å². The second kappa shape index (κ2) is 4.79. The average Bonchev–Trinajstić information content (AvgIpc) is 2.97. The van der Waals surface area contributed by atoms with Gasteiger partial charge in [0.2, 0.25) is 0 Å². The first-order valence-corrected chi connectivity index (χ1v) is 7.34. The molecular formula is C17H21NO3. The molecule has 21 heavy (non-hydrogen) atoms. The third kappa shape index (κ3) is 3.38. The molecule has 1 saturated carbocycles. The van der Waals surface area contributed by atoms with Crippen LogP contribution in [0.5, 0.6) is 0 Å². The lowest BCUT2D eigenvalue weighted by atomic mass is 10.1. The molecule has 0 unspecified atom stereocenters. The third-order valence-electron chi connectivity index (χ3n) is 3.61. The average molecular weight is 287 g/mol. The summed E-state index contributed by atoms with van der Waals surface area (Å²) in [6.45, 7) is 5.60. The summed E-state index contributed by atoms with van der Waals surface area (Å²) in [7, 11) is 0. The van der Waals surface area contributed by atoms with E-state index in [-0.39, 0.29) is 11.6 Å². The smallest absolute Gasteiger partial charge is 0.408 e. The van der Waals surface area contributed by atoms with Crippen LogP contribution in [0.1, 0.15) is 39.4 Å². The summed E-state index contributed by atoms with van der Waals surface area (Å²) in [5.41, 5.74) is 0.219. The van der Waals surface area contributed by atoms with Crippen molar-refractivity contribution in [3.8, 4) is 0 Å². The molecule has 0 saturated heterocycles. The monoisotopic (exact) mass is 287 g/mol. The Bertz CT molecular complexity index is 629. The molecule has 1 aromatic heterocycles. The van der Waals surface area contributed by atoms with Crippen LogP contribution in [0.4, 0.5) is 4.79 Å². The Kier molecular flexibility index (Phi) is 3.19. The molecule has 112 valence electrons. The van der Waals surface area contributed by atoms with E-state index in [0.29, 0.717) is 6.42 Å². The van der Waals surface area contributed by atoms with Gasteiger partial charge in [-0.15, -0.1) is 0 Å². The number of hydrogen-bond donors (Lipinski definition) is 1. The van der Waals surface area contributed by atoms with E-state index in [0.717, 1.165) is 29.6 Å². The Morgan fingerprint density at radius 2 is 2.05 bits per heavy atom. The minimum absolute atomic E-state index is 0.198. The maximum atomic E-state index is 11.9. The number of amides is 1. The number of nitrogens with one attached hydrogen (secondary N) is 1. The van der Waals surface area contributed by atoms with Gasteiger partial charge in [-0.25, -0.2) is 4.79 Å². The zero-order valence-corrected chi connectivity index (χ0v) is 12.7. The maximum Gasteiger partial charge on any atom is 0.408 e. The van der Waals surface area contributed by atoms with Crippen LogP contribution in [0, 0.1) is 0 Å². The van der Waals surface area contributed by atoms with E-state index in [1.54, 1.807) is 0 Å². The summed E-state index contributed by atoms with van der Waals surface area (Å²) in [5, 5.41) is 4.09. The first kappa shape index (κ1) is 14.0. The van der Waals surface area contributed by atoms with Gasteiger partial charge >= 0.3 is 6.09 Å². The number of fused-ring (bicyclic) bond motifs is 1. The van der Waals surface area contributed by atoms with Crippen molar-refractivity contribution < 1.29 is 13.9 Å². The molecule has 1 fully saturated rings. The molecule has 1 amide bonds. The summed E-state index contributed by atoms with van der Waals surface area (Å²) >= 11 is 0. The van der Waals surface area contributed by atoms with Crippen LogP contribution in [-0.2, 0) is 11.2 Å². The quantitative estimate of drug-likeness (QED) is 0.927. The Hall–Kier alpha value is -1.97. The number of furan rings is 1. The second-order valence-electron chi connectivity index (χ2n) is 6.83. The molecular weight excluding hydrogens is 266 g/mol. The van der Waals surface area contributed by atoms with Crippen molar-refractivity contribution in [2.24, 2.45) is 0 Å². The number of rotatable bonds is 3. The molecule has 0 spiro atoms. The van der Waals surface area contributed by atoms with Crippen molar-refractivity contribution in [3.63, 3.8) is 0 Å². The van der Waals surface area contributed by atoms with Crippen molar-refractivity contribution in [3.05, 3.63) is 36.1 Å². The van der Waals surface area contributed by atoms with Gasteiger partial charge in [0.05, 0.1) is 5.54 Å². The van der Waals surface area contributed by atoms with E-state index in [9.17, 15) is 4.79 Å². The lowest BCUT2D eigenvalue weighted by Gasteiger charge is -2.23. The Morgan fingerprint density at radius 3 is 2.67 bits per heavy atom. The van der Waals surface area contributed by atoms with E-state index < -0.39 is 5.60 Å². The van der Waals surface area contributed by atoms with Crippen LogP contribution >= 0.6 is 0 Å². The molecule has 1 aromatic carbocycles. The van der Waals surface area contributed by atoms with Gasteiger partial charge in [-0.05, 0) is 45.7 Å². The van der Waals surface area contributed by atoms with E-state index in [4.69, 9.17) is 9.15 Å². The Morgan fingerprint density at radius 1 is 1.33 bits per heavy atom. The lowest BCUT2D eigenvalue weighted by Crippen LogP contribution is -2.41. The summed E-state index contributed by atoms with van der Waals surface area (Å²) in [4.78, 5) is 11.9. The molecule has 4 nitrogen and oxygen atoms in total. The van der Waals surface area contributed by atoms with Crippen molar-refractivity contribution >= 4 is 17.1 Å². The van der Waals surface area contributed by atoms with Gasteiger partial charge in [-0.2, -0.15) is 0 Å². The van der Waals surface area contributed by atoms with Gasteiger partial charge in [0, 0.05) is 11.8 Å². The SMILES string of the molecule is CC(C)(C)OC(=O)NC1(Cc2cc3ccccc3o2)CC1. The Labute approximate surface area is 124 Å². The summed E-state index contributed by atoms with van der Waals surface area (Å²) in [6.07, 6.45) is 2.28. The fourth-order valence-corrected chi connectivity index (χ4v) is 2.47. The highest BCUT2D eigenvalue weighted by atomic mass is 16.6. The molecule has 3 rings (SSSR count). The highest BCUT2D eigenvalue weighted by molar-refractivity contribution is 5.77. The van der Waals surface area contributed by atoms with E-state index in [2.05, 4.69) is 5.32 Å². The Balaban J connectivity index is 1.67. The lowest BCUT2D eigenvalue weighted by molar-refractivity contribution is 0.0495. The second-order valence-corrected chi connectivity index (χ2v) is 6.83. The topological polar surface area (TPSA) is 51.5 Å². The molecule has 2 aromatic rings. The van der Waals surface area contributed by atoms with Gasteiger partial charge in [0.1, 0.15) is 16.9 Å². The minimum atomic E-state index is -0.473. The van der Waals surface area contributed by atoms with Crippen LogP contribution in [0.25, 0.3) is 11.0 Å². The van der Waals surface area contributed by atoms with Crippen LogP contribution in [0.15, 0.2) is 34.7 Å². The standard InChI is InChI=1S/C17H21NO3/c1-16(2,3)21-15(19)18-17(8-9-17)11-13-10-12-6-4-5-7-14(12)20-13/h4-7,10H,8-9,11H2,1-3H3,(H,18,19). The maximum absolute atomic E-state index is 11.9. The molecule has 0 radical (unpaired) electrons. The van der Waals surface area contributed by atoms with E-state index in [1.165, 1.54) is 0 Å². The zero-order chi connectivity index (χ0) is 15.1. The third-order valence-corrected chi connectivity index (χ3v) is 3.61. The van der Waals surface area contributed by atoms with Crippen molar-refractivity contribution in [1.82, 2.24) is 5.32 Å². The van der Waals surface area contributed by atoms with E-state index >= 15 is 0 Å². The first-order valence-electron chi connectivity index (χ1n) is 7.34. The number of hydrogen-bond acceptors (Lipinski definition) is 3. The van der Waals surface area contributed by atoms with Crippen molar-refractivity contribution in [2.75, 3.05) is 0 Å². The van der Waals surface area contributed by atoms with Crippen LogP contribution in [0.2, 0.25) is 0 Å². The highest BCUT2D eigenvalue weighted by Crippen LogP contribution is 2.39. The summed E-state index contributed by atoms with van der Waals surface area (Å²) in [5.74, 6) is 0.907. The zero-order valence-electron chi connectivity index (χ0n) is 12.7. The summed E-state index contributed by atoms with van der Waals surface area (Å²) < 4.78 is 11.2. The molecule has 0 bridgehead atoms. The van der Waals surface area contributed by atoms with Gasteiger partial charge in [-0.1, -0.05) is 18.2 Å². The first-order chi connectivity index (χ1) is 9.85. The molecule has 4 heteroatoms. The molecule has 0 aliphatic heterocycles. The van der Waals surface area contributed by atoms with Gasteiger partial charge in [-0.3, -0.25) is 0 Å². The number of carbonyl (C=O) groups is 1. The fraction of sp³-hybridized carbons (Fsp3) is 0.471. The number of ether oxygens (including phenoxy) is 1. The fourth-order valence-electron chi connectivity index (χ4n) is 2.47. The molecule has 1 aliphatic rings. The van der Waals surface area contributed by atoms with Crippen LogP contribution in [-0.4, -0.2) is 17.2 Å².